The summed E-state index contributed by atoms with van der Waals surface area (Å²) in [4.78, 5) is 25.6. The number of carbonyl (C=O) groups excluding carboxylic acids is 2. The molecule has 0 aromatic carbocycles. The quantitative estimate of drug-likeness (QED) is 0.769. The average Bonchev–Trinajstić information content (AvgIpc) is 2.21. The normalized spacial score (nSPS) is 21.6. The van der Waals surface area contributed by atoms with Crippen LogP contribution < -0.4 is 5.32 Å². The summed E-state index contributed by atoms with van der Waals surface area (Å²) < 4.78 is 0. The number of hydrogen-bond acceptors (Lipinski definition) is 3. The first-order valence-corrected chi connectivity index (χ1v) is 7.33. The molecule has 0 spiro atoms. The third-order valence-electron chi connectivity index (χ3n) is 2.86. The van der Waals surface area contributed by atoms with E-state index in [0.717, 1.165) is 12.2 Å². The molecule has 2 amide bonds. The van der Waals surface area contributed by atoms with Crippen LogP contribution in [-0.2, 0) is 9.59 Å². The van der Waals surface area contributed by atoms with Gasteiger partial charge in [0.2, 0.25) is 11.8 Å². The van der Waals surface area contributed by atoms with Gasteiger partial charge in [0.05, 0.1) is 6.54 Å². The molecule has 0 aliphatic carbocycles. The van der Waals surface area contributed by atoms with Gasteiger partial charge in [-0.3, -0.25) is 9.59 Å². The van der Waals surface area contributed by atoms with Gasteiger partial charge in [-0.05, 0) is 23.8 Å². The topological polar surface area (TPSA) is 49.4 Å². The van der Waals surface area contributed by atoms with E-state index in [0.29, 0.717) is 6.54 Å². The highest BCUT2D eigenvalue weighted by molar-refractivity contribution is 7.98. The largest absolute Gasteiger partial charge is 0.345 e. The minimum Gasteiger partial charge on any atom is -0.345 e. The number of hydrogen-bond donors (Lipinski definition) is 1. The highest BCUT2D eigenvalue weighted by Crippen LogP contribution is 2.26. The molecule has 1 fully saturated rings. The summed E-state index contributed by atoms with van der Waals surface area (Å²) in [6, 6.07) is -0.342. The molecule has 0 radical (unpaired) electrons. The lowest BCUT2D eigenvalue weighted by molar-refractivity contribution is -0.149. The van der Waals surface area contributed by atoms with Crippen LogP contribution >= 0.6 is 11.8 Å². The van der Waals surface area contributed by atoms with E-state index in [1.165, 1.54) is 0 Å². The van der Waals surface area contributed by atoms with Gasteiger partial charge in [-0.15, -0.1) is 0 Å². The molecular weight excluding hydrogens is 236 g/mol. The van der Waals surface area contributed by atoms with Gasteiger partial charge in [-0.25, -0.2) is 0 Å². The van der Waals surface area contributed by atoms with Crippen LogP contribution in [0.25, 0.3) is 0 Å². The van der Waals surface area contributed by atoms with Gasteiger partial charge < -0.3 is 10.2 Å². The third kappa shape index (κ3) is 3.63. The van der Waals surface area contributed by atoms with Gasteiger partial charge in [-0.2, -0.15) is 11.8 Å². The fraction of sp³-hybridized carbons (Fsp3) is 0.833. The predicted molar refractivity (Wildman–Crippen MR) is 71.0 cm³/mol. The number of thioether (sulfide) groups is 1. The molecule has 1 unspecified atom stereocenters. The Hall–Kier alpha value is -0.710. The van der Waals surface area contributed by atoms with Crippen molar-refractivity contribution in [2.45, 2.75) is 33.2 Å². The van der Waals surface area contributed by atoms with E-state index >= 15 is 0 Å². The molecule has 1 atom stereocenters. The Labute approximate surface area is 108 Å². The Morgan fingerprint density at radius 1 is 1.41 bits per heavy atom. The van der Waals surface area contributed by atoms with Crippen molar-refractivity contribution in [1.82, 2.24) is 10.2 Å². The van der Waals surface area contributed by atoms with Gasteiger partial charge in [0.15, 0.2) is 0 Å². The fourth-order valence-electron chi connectivity index (χ4n) is 2.14. The number of amides is 2. The minimum absolute atomic E-state index is 0.0266. The van der Waals surface area contributed by atoms with Crippen molar-refractivity contribution in [2.24, 2.45) is 5.41 Å². The van der Waals surface area contributed by atoms with Gasteiger partial charge in [0.25, 0.3) is 0 Å². The second-order valence-corrected chi connectivity index (χ2v) is 6.41. The van der Waals surface area contributed by atoms with Gasteiger partial charge >= 0.3 is 0 Å². The Morgan fingerprint density at radius 2 is 2.06 bits per heavy atom. The van der Waals surface area contributed by atoms with Gasteiger partial charge in [0, 0.05) is 6.54 Å². The first-order valence-electron chi connectivity index (χ1n) is 5.94. The lowest BCUT2D eigenvalue weighted by Gasteiger charge is -2.42. The lowest BCUT2D eigenvalue weighted by atomic mass is 9.84. The molecule has 1 N–H and O–H groups in total. The lowest BCUT2D eigenvalue weighted by Crippen LogP contribution is -2.62. The fourth-order valence-corrected chi connectivity index (χ4v) is 2.56. The zero-order chi connectivity index (χ0) is 13.1. The second kappa shape index (κ2) is 5.76. The van der Waals surface area contributed by atoms with Crippen molar-refractivity contribution in [1.29, 1.82) is 0 Å². The Kier molecular flexibility index (Phi) is 4.86. The van der Waals surface area contributed by atoms with E-state index in [1.54, 1.807) is 16.7 Å². The maximum atomic E-state index is 11.9. The van der Waals surface area contributed by atoms with Crippen molar-refractivity contribution in [3.63, 3.8) is 0 Å². The number of carbonyl (C=O) groups is 2. The molecule has 0 bridgehead atoms. The maximum absolute atomic E-state index is 11.9. The summed E-state index contributed by atoms with van der Waals surface area (Å²) in [7, 11) is 0. The van der Waals surface area contributed by atoms with Gasteiger partial charge in [0.1, 0.15) is 6.04 Å². The highest BCUT2D eigenvalue weighted by atomic mass is 32.2. The van der Waals surface area contributed by atoms with Crippen molar-refractivity contribution >= 4 is 23.6 Å². The average molecular weight is 258 g/mol. The SMILES string of the molecule is CSCCCN1C(=O)CNC(=O)C1C(C)(C)C. The van der Waals surface area contributed by atoms with Crippen LogP contribution in [0.15, 0.2) is 0 Å². The second-order valence-electron chi connectivity index (χ2n) is 5.42. The number of rotatable bonds is 4. The first-order chi connectivity index (χ1) is 7.88. The van der Waals surface area contributed by atoms with Crippen molar-refractivity contribution in [3.05, 3.63) is 0 Å². The Morgan fingerprint density at radius 3 is 2.59 bits per heavy atom. The molecule has 4 nitrogen and oxygen atoms in total. The Bertz CT molecular complexity index is 299. The van der Waals surface area contributed by atoms with E-state index in [9.17, 15) is 9.59 Å². The van der Waals surface area contributed by atoms with Crippen LogP contribution in [0, 0.1) is 5.41 Å². The molecule has 0 saturated carbocycles. The Balaban J connectivity index is 2.77. The summed E-state index contributed by atoms with van der Waals surface area (Å²) in [5.74, 6) is 1.02. The van der Waals surface area contributed by atoms with Crippen LogP contribution in [0.3, 0.4) is 0 Å². The summed E-state index contributed by atoms with van der Waals surface area (Å²) in [6.45, 7) is 6.81. The number of nitrogens with one attached hydrogen (secondary N) is 1. The van der Waals surface area contributed by atoms with E-state index in [1.807, 2.05) is 27.0 Å². The van der Waals surface area contributed by atoms with E-state index in [2.05, 4.69) is 5.32 Å². The van der Waals surface area contributed by atoms with Crippen LogP contribution in [0.1, 0.15) is 27.2 Å². The molecule has 1 rings (SSSR count). The molecule has 17 heavy (non-hydrogen) atoms. The predicted octanol–water partition coefficient (Wildman–Crippen LogP) is 1.11. The standard InChI is InChI=1S/C12H22N2O2S/c1-12(2,3)10-11(16)13-8-9(15)14(10)6-5-7-17-4/h10H,5-8H2,1-4H3,(H,13,16). The maximum Gasteiger partial charge on any atom is 0.243 e. The van der Waals surface area contributed by atoms with E-state index in [-0.39, 0.29) is 29.8 Å². The molecule has 5 heteroatoms. The smallest absolute Gasteiger partial charge is 0.243 e. The molecule has 1 saturated heterocycles. The molecule has 1 aliphatic heterocycles. The zero-order valence-corrected chi connectivity index (χ0v) is 11.9. The van der Waals surface area contributed by atoms with Crippen LogP contribution in [0.4, 0.5) is 0 Å². The molecule has 0 aromatic rings. The number of piperazine rings is 1. The van der Waals surface area contributed by atoms with E-state index < -0.39 is 0 Å². The zero-order valence-electron chi connectivity index (χ0n) is 11.1. The van der Waals surface area contributed by atoms with Crippen molar-refractivity contribution < 1.29 is 9.59 Å². The molecule has 1 aliphatic rings. The molecule has 98 valence electrons. The minimum atomic E-state index is -0.342. The number of nitrogens with zero attached hydrogens (tertiary/aromatic N) is 1. The summed E-state index contributed by atoms with van der Waals surface area (Å²) >= 11 is 1.76. The van der Waals surface area contributed by atoms with Crippen LogP contribution in [-0.4, -0.2) is 47.9 Å². The van der Waals surface area contributed by atoms with Crippen molar-refractivity contribution in [3.8, 4) is 0 Å². The van der Waals surface area contributed by atoms with Crippen molar-refractivity contribution in [2.75, 3.05) is 25.1 Å². The molecule has 1 heterocycles. The first kappa shape index (κ1) is 14.4. The third-order valence-corrected chi connectivity index (χ3v) is 3.56. The summed E-state index contributed by atoms with van der Waals surface area (Å²) in [5, 5.41) is 2.67. The van der Waals surface area contributed by atoms with Gasteiger partial charge in [-0.1, -0.05) is 20.8 Å². The molecule has 0 aromatic heterocycles. The summed E-state index contributed by atoms with van der Waals surface area (Å²) in [6.07, 6.45) is 2.98. The van der Waals surface area contributed by atoms with Crippen LogP contribution in [0.5, 0.6) is 0 Å². The highest BCUT2D eigenvalue weighted by Gasteiger charge is 2.41. The van der Waals surface area contributed by atoms with E-state index in [4.69, 9.17) is 0 Å². The monoisotopic (exact) mass is 258 g/mol. The summed E-state index contributed by atoms with van der Waals surface area (Å²) in [5.41, 5.74) is -0.223. The molecular formula is C12H22N2O2S. The van der Waals surface area contributed by atoms with Crippen LogP contribution in [0.2, 0.25) is 0 Å².